The lowest BCUT2D eigenvalue weighted by atomic mass is 10.2. The van der Waals surface area contributed by atoms with Crippen LogP contribution in [0.3, 0.4) is 0 Å². The maximum atomic E-state index is 5.56. The van der Waals surface area contributed by atoms with Gasteiger partial charge in [0, 0.05) is 24.2 Å². The molecule has 0 amide bonds. The SMILES string of the molecule is Cc1ccc(-c2ccn3ccnc3c2)o1. The molecular weight excluding hydrogens is 188 g/mol. The first kappa shape index (κ1) is 8.29. The van der Waals surface area contributed by atoms with Crippen LogP contribution in [-0.2, 0) is 0 Å². The van der Waals surface area contributed by atoms with Gasteiger partial charge in [0.05, 0.1) is 0 Å². The zero-order valence-corrected chi connectivity index (χ0v) is 8.34. The molecule has 0 saturated carbocycles. The van der Waals surface area contributed by atoms with Crippen molar-refractivity contribution < 1.29 is 4.42 Å². The zero-order valence-electron chi connectivity index (χ0n) is 8.34. The van der Waals surface area contributed by atoms with E-state index in [2.05, 4.69) is 4.98 Å². The largest absolute Gasteiger partial charge is 0.461 e. The van der Waals surface area contributed by atoms with Crippen molar-refractivity contribution in [3.8, 4) is 11.3 Å². The van der Waals surface area contributed by atoms with E-state index in [-0.39, 0.29) is 0 Å². The molecule has 0 saturated heterocycles. The molecule has 0 unspecified atom stereocenters. The van der Waals surface area contributed by atoms with E-state index in [0.29, 0.717) is 0 Å². The Balaban J connectivity index is 2.18. The van der Waals surface area contributed by atoms with Crippen molar-refractivity contribution in [2.24, 2.45) is 0 Å². The van der Waals surface area contributed by atoms with Gasteiger partial charge in [0.25, 0.3) is 0 Å². The highest BCUT2D eigenvalue weighted by atomic mass is 16.3. The summed E-state index contributed by atoms with van der Waals surface area (Å²) in [5.41, 5.74) is 1.99. The van der Waals surface area contributed by atoms with Crippen LogP contribution in [0.2, 0.25) is 0 Å². The average Bonchev–Trinajstić information content (AvgIpc) is 2.84. The number of hydrogen-bond acceptors (Lipinski definition) is 2. The predicted molar refractivity (Wildman–Crippen MR) is 57.6 cm³/mol. The smallest absolute Gasteiger partial charge is 0.137 e. The summed E-state index contributed by atoms with van der Waals surface area (Å²) in [7, 11) is 0. The van der Waals surface area contributed by atoms with Crippen molar-refractivity contribution in [3.63, 3.8) is 0 Å². The number of fused-ring (bicyclic) bond motifs is 1. The monoisotopic (exact) mass is 198 g/mol. The molecule has 0 fully saturated rings. The zero-order chi connectivity index (χ0) is 10.3. The molecule has 0 atom stereocenters. The van der Waals surface area contributed by atoms with Crippen LogP contribution < -0.4 is 0 Å². The van der Waals surface area contributed by atoms with Crippen molar-refractivity contribution in [1.82, 2.24) is 9.38 Å². The molecule has 3 aromatic heterocycles. The summed E-state index contributed by atoms with van der Waals surface area (Å²) in [4.78, 5) is 4.23. The lowest BCUT2D eigenvalue weighted by molar-refractivity contribution is 0.548. The normalized spacial score (nSPS) is 11.0. The van der Waals surface area contributed by atoms with Crippen LogP contribution in [0.5, 0.6) is 0 Å². The molecule has 3 heterocycles. The second-order valence-corrected chi connectivity index (χ2v) is 3.52. The van der Waals surface area contributed by atoms with Gasteiger partial charge in [-0.05, 0) is 31.2 Å². The molecule has 15 heavy (non-hydrogen) atoms. The van der Waals surface area contributed by atoms with Gasteiger partial charge >= 0.3 is 0 Å². The fraction of sp³-hybridized carbons (Fsp3) is 0.0833. The number of nitrogens with zero attached hydrogens (tertiary/aromatic N) is 2. The van der Waals surface area contributed by atoms with Crippen LogP contribution in [0.15, 0.2) is 47.3 Å². The minimum absolute atomic E-state index is 0.887. The van der Waals surface area contributed by atoms with Gasteiger partial charge in [-0.25, -0.2) is 4.98 Å². The molecule has 3 aromatic rings. The fourth-order valence-electron chi connectivity index (χ4n) is 1.65. The standard InChI is InChI=1S/C12H10N2O/c1-9-2-3-11(15-9)10-4-6-14-7-5-13-12(14)8-10/h2-8H,1H3. The van der Waals surface area contributed by atoms with Crippen molar-refractivity contribution in [2.75, 3.05) is 0 Å². The first-order valence-electron chi connectivity index (χ1n) is 4.82. The Morgan fingerprint density at radius 2 is 2.13 bits per heavy atom. The number of pyridine rings is 1. The quantitative estimate of drug-likeness (QED) is 0.601. The third kappa shape index (κ3) is 1.32. The molecule has 3 rings (SSSR count). The maximum absolute atomic E-state index is 5.56. The second-order valence-electron chi connectivity index (χ2n) is 3.52. The molecule has 0 N–H and O–H groups in total. The van der Waals surface area contributed by atoms with E-state index in [9.17, 15) is 0 Å². The molecule has 0 aliphatic carbocycles. The topological polar surface area (TPSA) is 30.4 Å². The number of hydrogen-bond donors (Lipinski definition) is 0. The van der Waals surface area contributed by atoms with Crippen molar-refractivity contribution >= 4 is 5.65 Å². The van der Waals surface area contributed by atoms with Gasteiger partial charge in [-0.3, -0.25) is 0 Å². The molecule has 0 bridgehead atoms. The Morgan fingerprint density at radius 3 is 2.93 bits per heavy atom. The maximum Gasteiger partial charge on any atom is 0.137 e. The number of imidazole rings is 1. The van der Waals surface area contributed by atoms with E-state index in [0.717, 1.165) is 22.7 Å². The summed E-state index contributed by atoms with van der Waals surface area (Å²) in [6.07, 6.45) is 5.69. The number of aryl methyl sites for hydroxylation is 1. The first-order valence-corrected chi connectivity index (χ1v) is 4.82. The van der Waals surface area contributed by atoms with Gasteiger partial charge in [-0.1, -0.05) is 0 Å². The Morgan fingerprint density at radius 1 is 1.20 bits per heavy atom. The van der Waals surface area contributed by atoms with E-state index in [1.807, 2.05) is 48.0 Å². The number of furan rings is 1. The van der Waals surface area contributed by atoms with E-state index in [4.69, 9.17) is 4.42 Å². The number of aromatic nitrogens is 2. The van der Waals surface area contributed by atoms with Crippen molar-refractivity contribution in [3.05, 3.63) is 48.6 Å². The molecule has 74 valence electrons. The third-order valence-electron chi connectivity index (χ3n) is 2.42. The molecule has 0 radical (unpaired) electrons. The highest BCUT2D eigenvalue weighted by Crippen LogP contribution is 2.22. The van der Waals surface area contributed by atoms with E-state index in [1.165, 1.54) is 0 Å². The van der Waals surface area contributed by atoms with Gasteiger partial charge < -0.3 is 8.82 Å². The molecule has 0 aliphatic heterocycles. The molecular formula is C12H10N2O. The molecule has 0 aliphatic rings. The van der Waals surface area contributed by atoms with Crippen molar-refractivity contribution in [1.29, 1.82) is 0 Å². The first-order chi connectivity index (χ1) is 7.33. The molecule has 3 nitrogen and oxygen atoms in total. The minimum Gasteiger partial charge on any atom is -0.461 e. The molecule has 0 spiro atoms. The summed E-state index contributed by atoms with van der Waals surface area (Å²) in [5, 5.41) is 0. The lowest BCUT2D eigenvalue weighted by Gasteiger charge is -1.98. The highest BCUT2D eigenvalue weighted by molar-refractivity contribution is 5.62. The summed E-state index contributed by atoms with van der Waals surface area (Å²) in [6, 6.07) is 7.97. The van der Waals surface area contributed by atoms with Crippen LogP contribution in [0.4, 0.5) is 0 Å². The van der Waals surface area contributed by atoms with Gasteiger partial charge in [0.15, 0.2) is 0 Å². The summed E-state index contributed by atoms with van der Waals surface area (Å²) < 4.78 is 7.53. The molecule has 0 aromatic carbocycles. The van der Waals surface area contributed by atoms with Gasteiger partial charge in [-0.2, -0.15) is 0 Å². The lowest BCUT2D eigenvalue weighted by Crippen LogP contribution is -1.83. The van der Waals surface area contributed by atoms with Gasteiger partial charge in [0.1, 0.15) is 17.2 Å². The fourth-order valence-corrected chi connectivity index (χ4v) is 1.65. The Bertz CT molecular complexity index is 607. The van der Waals surface area contributed by atoms with Crippen LogP contribution >= 0.6 is 0 Å². The number of rotatable bonds is 1. The summed E-state index contributed by atoms with van der Waals surface area (Å²) in [6.45, 7) is 1.94. The van der Waals surface area contributed by atoms with E-state index < -0.39 is 0 Å². The van der Waals surface area contributed by atoms with Gasteiger partial charge in [0.2, 0.25) is 0 Å². The average molecular weight is 198 g/mol. The Kier molecular flexibility index (Phi) is 1.65. The van der Waals surface area contributed by atoms with Crippen molar-refractivity contribution in [2.45, 2.75) is 6.92 Å². The highest BCUT2D eigenvalue weighted by Gasteiger charge is 2.03. The third-order valence-corrected chi connectivity index (χ3v) is 2.42. The summed E-state index contributed by atoms with van der Waals surface area (Å²) >= 11 is 0. The van der Waals surface area contributed by atoms with Crippen LogP contribution in [-0.4, -0.2) is 9.38 Å². The molecule has 3 heteroatoms. The van der Waals surface area contributed by atoms with E-state index >= 15 is 0 Å². The Hall–Kier alpha value is -2.03. The Labute approximate surface area is 87.0 Å². The minimum atomic E-state index is 0.887. The van der Waals surface area contributed by atoms with Crippen LogP contribution in [0.1, 0.15) is 5.76 Å². The van der Waals surface area contributed by atoms with Crippen LogP contribution in [0, 0.1) is 6.92 Å². The second kappa shape index (κ2) is 2.98. The van der Waals surface area contributed by atoms with Gasteiger partial charge in [-0.15, -0.1) is 0 Å². The summed E-state index contributed by atoms with van der Waals surface area (Å²) in [5.74, 6) is 1.81. The predicted octanol–water partition coefficient (Wildman–Crippen LogP) is 2.90. The van der Waals surface area contributed by atoms with E-state index in [1.54, 1.807) is 6.20 Å². The van der Waals surface area contributed by atoms with Crippen LogP contribution in [0.25, 0.3) is 17.0 Å².